The molecule has 8 heteroatoms. The number of benzene rings is 2. The van der Waals surface area contributed by atoms with Gasteiger partial charge in [0.2, 0.25) is 0 Å². The highest BCUT2D eigenvalue weighted by Crippen LogP contribution is 2.34. The topological polar surface area (TPSA) is 97.4 Å². The summed E-state index contributed by atoms with van der Waals surface area (Å²) in [5.74, 6) is -0.210. The minimum Gasteiger partial charge on any atom is -0.421 e. The number of nitrogens with one attached hydrogen (secondary N) is 2. The van der Waals surface area contributed by atoms with E-state index in [0.717, 1.165) is 31.1 Å². The quantitative estimate of drug-likeness (QED) is 0.351. The molecule has 5 rings (SSSR count). The van der Waals surface area contributed by atoms with Crippen LogP contribution >= 0.6 is 11.6 Å². The third-order valence-electron chi connectivity index (χ3n) is 5.97. The van der Waals surface area contributed by atoms with Crippen LogP contribution in [0.15, 0.2) is 62.3 Å². The van der Waals surface area contributed by atoms with Crippen molar-refractivity contribution in [2.45, 2.75) is 38.6 Å². The Morgan fingerprint density at radius 3 is 2.58 bits per heavy atom. The Hall–Kier alpha value is -3.58. The zero-order valence-electron chi connectivity index (χ0n) is 18.0. The van der Waals surface area contributed by atoms with Crippen LogP contribution in [0.3, 0.4) is 0 Å². The van der Waals surface area contributed by atoms with Crippen molar-refractivity contribution in [3.05, 3.63) is 75.3 Å². The summed E-state index contributed by atoms with van der Waals surface area (Å²) in [6, 6.07) is 14.6. The van der Waals surface area contributed by atoms with E-state index in [1.807, 2.05) is 12.1 Å². The number of carbonyl (C=O) groups is 1. The lowest BCUT2D eigenvalue weighted by atomic mass is 10.1. The number of aromatic nitrogens is 1. The zero-order chi connectivity index (χ0) is 22.9. The summed E-state index contributed by atoms with van der Waals surface area (Å²) in [5.41, 5.74) is 1.55. The molecule has 0 spiro atoms. The second kappa shape index (κ2) is 8.75. The fourth-order valence-electron chi connectivity index (χ4n) is 4.34. The van der Waals surface area contributed by atoms with E-state index in [-0.39, 0.29) is 17.3 Å². The van der Waals surface area contributed by atoms with Crippen LogP contribution in [0.2, 0.25) is 5.02 Å². The number of halogens is 1. The lowest BCUT2D eigenvalue weighted by Gasteiger charge is -2.18. The molecule has 1 amide bonds. The third-order valence-corrected chi connectivity index (χ3v) is 6.30. The highest BCUT2D eigenvalue weighted by Gasteiger charge is 2.27. The molecule has 0 atom stereocenters. The fraction of sp³-hybridized carbons (Fsp3) is 0.240. The summed E-state index contributed by atoms with van der Waals surface area (Å²) in [5, 5.41) is 11.5. The van der Waals surface area contributed by atoms with Gasteiger partial charge in [-0.2, -0.15) is 0 Å². The van der Waals surface area contributed by atoms with Crippen LogP contribution in [-0.4, -0.2) is 17.1 Å². The predicted molar refractivity (Wildman–Crippen MR) is 128 cm³/mol. The van der Waals surface area contributed by atoms with Crippen LogP contribution in [0.4, 0.5) is 11.4 Å². The number of hydrogen-bond acceptors (Lipinski definition) is 6. The zero-order valence-corrected chi connectivity index (χ0v) is 18.7. The van der Waals surface area contributed by atoms with Gasteiger partial charge in [0, 0.05) is 17.0 Å². The number of hydrogen-bond donors (Lipinski definition) is 2. The Kier molecular flexibility index (Phi) is 5.64. The molecule has 7 nitrogen and oxygen atoms in total. The Morgan fingerprint density at radius 1 is 1.06 bits per heavy atom. The van der Waals surface area contributed by atoms with E-state index >= 15 is 0 Å². The highest BCUT2D eigenvalue weighted by atomic mass is 35.5. The monoisotopic (exact) mass is 463 g/mol. The van der Waals surface area contributed by atoms with Gasteiger partial charge in [0.15, 0.2) is 5.69 Å². The maximum atomic E-state index is 13.4. The van der Waals surface area contributed by atoms with E-state index < -0.39 is 11.5 Å². The maximum Gasteiger partial charge on any atom is 0.362 e. The number of carbonyl (C=O) groups excluding carboxylic acids is 1. The smallest absolute Gasteiger partial charge is 0.362 e. The van der Waals surface area contributed by atoms with E-state index in [0.29, 0.717) is 33.3 Å². The average Bonchev–Trinajstić information content (AvgIpc) is 3.46. The van der Waals surface area contributed by atoms with Gasteiger partial charge in [-0.3, -0.25) is 4.79 Å². The number of aryl methyl sites for hydroxylation is 1. The first-order chi connectivity index (χ1) is 16.0. The fourth-order valence-corrected chi connectivity index (χ4v) is 4.57. The molecule has 1 saturated carbocycles. The second-order valence-corrected chi connectivity index (χ2v) is 8.56. The average molecular weight is 464 g/mol. The molecule has 1 aliphatic rings. The summed E-state index contributed by atoms with van der Waals surface area (Å²) < 4.78 is 10.8. The van der Waals surface area contributed by atoms with Gasteiger partial charge in [0.25, 0.3) is 5.91 Å². The van der Waals surface area contributed by atoms with Gasteiger partial charge in [-0.05, 0) is 38.0 Å². The van der Waals surface area contributed by atoms with E-state index in [4.69, 9.17) is 20.5 Å². The van der Waals surface area contributed by atoms with Crippen LogP contribution in [0.1, 0.15) is 41.8 Å². The summed E-state index contributed by atoms with van der Waals surface area (Å²) >= 11 is 6.33. The summed E-state index contributed by atoms with van der Waals surface area (Å²) in [7, 11) is 0. The summed E-state index contributed by atoms with van der Waals surface area (Å²) in [4.78, 5) is 26.4. The third kappa shape index (κ3) is 4.00. The van der Waals surface area contributed by atoms with Gasteiger partial charge >= 0.3 is 5.63 Å². The van der Waals surface area contributed by atoms with E-state index in [1.165, 1.54) is 0 Å². The molecule has 2 aromatic carbocycles. The second-order valence-electron chi connectivity index (χ2n) is 8.16. The van der Waals surface area contributed by atoms with Gasteiger partial charge in [-0.1, -0.05) is 59.9 Å². The Balaban J connectivity index is 1.58. The first-order valence-electron chi connectivity index (χ1n) is 10.9. The number of para-hydroxylation sites is 1. The van der Waals surface area contributed by atoms with Crippen molar-refractivity contribution in [2.75, 3.05) is 10.6 Å². The normalized spacial score (nSPS) is 14.0. The van der Waals surface area contributed by atoms with E-state index in [9.17, 15) is 9.59 Å². The molecule has 2 aromatic heterocycles. The van der Waals surface area contributed by atoms with Crippen LogP contribution in [-0.2, 0) is 0 Å². The van der Waals surface area contributed by atoms with Crippen molar-refractivity contribution in [2.24, 2.45) is 0 Å². The number of rotatable bonds is 5. The molecule has 0 bridgehead atoms. The van der Waals surface area contributed by atoms with Crippen molar-refractivity contribution in [3.63, 3.8) is 0 Å². The van der Waals surface area contributed by atoms with Crippen LogP contribution in [0.25, 0.3) is 22.2 Å². The largest absolute Gasteiger partial charge is 0.421 e. The molecule has 4 aromatic rings. The molecule has 2 heterocycles. The first-order valence-corrected chi connectivity index (χ1v) is 11.3. The molecule has 0 aliphatic heterocycles. The predicted octanol–water partition coefficient (Wildman–Crippen LogP) is 6.02. The van der Waals surface area contributed by atoms with Crippen molar-refractivity contribution in [3.8, 4) is 11.3 Å². The standard InChI is InChI=1S/C25H22ClN3O4/c1-14-20(21(29-33-14)16-10-4-6-12-18(16)26)24(30)28-23-22(27-15-8-2-3-9-15)17-11-5-7-13-19(17)32-25(23)31/h4-7,10-13,15,27H,2-3,8-9H2,1H3,(H,28,30). The molecule has 0 radical (unpaired) electrons. The Morgan fingerprint density at radius 2 is 1.79 bits per heavy atom. The molecule has 1 fully saturated rings. The van der Waals surface area contributed by atoms with Crippen molar-refractivity contribution < 1.29 is 13.7 Å². The van der Waals surface area contributed by atoms with Crippen molar-refractivity contribution in [1.29, 1.82) is 0 Å². The van der Waals surface area contributed by atoms with E-state index in [2.05, 4.69) is 15.8 Å². The summed E-state index contributed by atoms with van der Waals surface area (Å²) in [6.07, 6.45) is 4.26. The molecule has 1 aliphatic carbocycles. The molecule has 2 N–H and O–H groups in total. The van der Waals surface area contributed by atoms with Crippen LogP contribution < -0.4 is 16.3 Å². The molecule has 168 valence electrons. The minimum absolute atomic E-state index is 0.0660. The first kappa shape index (κ1) is 21.3. The van der Waals surface area contributed by atoms with Crippen molar-refractivity contribution in [1.82, 2.24) is 5.16 Å². The van der Waals surface area contributed by atoms with Gasteiger partial charge in [0.1, 0.15) is 22.6 Å². The Labute approximate surface area is 194 Å². The minimum atomic E-state index is -0.629. The lowest BCUT2D eigenvalue weighted by Crippen LogP contribution is -2.23. The van der Waals surface area contributed by atoms with Gasteiger partial charge in [0.05, 0.1) is 10.7 Å². The number of anilines is 2. The van der Waals surface area contributed by atoms with Crippen molar-refractivity contribution >= 4 is 39.9 Å². The van der Waals surface area contributed by atoms with Gasteiger partial charge in [-0.15, -0.1) is 0 Å². The highest BCUT2D eigenvalue weighted by molar-refractivity contribution is 6.33. The SMILES string of the molecule is Cc1onc(-c2ccccc2Cl)c1C(=O)Nc1c(NC2CCCC2)c2ccccc2oc1=O. The molecule has 0 saturated heterocycles. The van der Waals surface area contributed by atoms with Gasteiger partial charge in [-0.25, -0.2) is 4.79 Å². The molecule has 33 heavy (non-hydrogen) atoms. The molecular weight excluding hydrogens is 442 g/mol. The number of nitrogens with zero attached hydrogens (tertiary/aromatic N) is 1. The Bertz CT molecular complexity index is 1400. The number of fused-ring (bicyclic) bond motifs is 1. The van der Waals surface area contributed by atoms with E-state index in [1.54, 1.807) is 43.3 Å². The van der Waals surface area contributed by atoms with Gasteiger partial charge < -0.3 is 19.6 Å². The lowest BCUT2D eigenvalue weighted by molar-refractivity contribution is 0.102. The molecule has 0 unspecified atom stereocenters. The van der Waals surface area contributed by atoms with Crippen LogP contribution in [0.5, 0.6) is 0 Å². The van der Waals surface area contributed by atoms with Crippen LogP contribution in [0, 0.1) is 6.92 Å². The summed E-state index contributed by atoms with van der Waals surface area (Å²) in [6.45, 7) is 1.64. The molecular formula is C25H22ClN3O4. The number of amides is 1. The maximum absolute atomic E-state index is 13.4.